The molecule has 0 saturated heterocycles. The predicted molar refractivity (Wildman–Crippen MR) is 125 cm³/mol. The minimum atomic E-state index is -2.72. The van der Waals surface area contributed by atoms with Crippen LogP contribution in [0.25, 0.3) is 22.9 Å². The van der Waals surface area contributed by atoms with Gasteiger partial charge in [-0.1, -0.05) is 0 Å². The molecule has 9 heteroatoms. The molecule has 1 fully saturated rings. The highest BCUT2D eigenvalue weighted by Gasteiger charge is 2.36. The van der Waals surface area contributed by atoms with Crippen molar-refractivity contribution in [2.75, 3.05) is 0 Å². The molecule has 4 rings (SSSR count). The van der Waals surface area contributed by atoms with Crippen LogP contribution in [0, 0.1) is 13.8 Å². The Morgan fingerprint density at radius 1 is 1.24 bits per heavy atom. The Bertz CT molecular complexity index is 1310. The van der Waals surface area contributed by atoms with Gasteiger partial charge in [0.25, 0.3) is 0 Å². The number of hydrogen-bond donors (Lipinski definition) is 0. The van der Waals surface area contributed by atoms with Crippen LogP contribution in [0.4, 0.5) is 13.2 Å². The molecule has 0 radical (unpaired) electrons. The van der Waals surface area contributed by atoms with Crippen molar-refractivity contribution in [2.24, 2.45) is 0 Å². The van der Waals surface area contributed by atoms with Crippen LogP contribution in [0.3, 0.4) is 0 Å². The summed E-state index contributed by atoms with van der Waals surface area (Å²) in [6, 6.07) is 4.53. The Kier molecular flexibility index (Phi) is 6.47. The van der Waals surface area contributed by atoms with E-state index in [9.17, 15) is 13.6 Å². The molecule has 0 spiro atoms. The lowest BCUT2D eigenvalue weighted by molar-refractivity contribution is -0.0447. The van der Waals surface area contributed by atoms with Crippen molar-refractivity contribution in [1.29, 1.82) is 0 Å². The van der Waals surface area contributed by atoms with E-state index in [0.717, 1.165) is 5.56 Å². The van der Waals surface area contributed by atoms with E-state index < -0.39 is 22.9 Å². The van der Waals surface area contributed by atoms with Gasteiger partial charge in [0, 0.05) is 30.8 Å². The Morgan fingerprint density at radius 3 is 2.62 bits per heavy atom. The van der Waals surface area contributed by atoms with Crippen molar-refractivity contribution >= 4 is 22.9 Å². The molecule has 180 valence electrons. The lowest BCUT2D eigenvalue weighted by Crippen LogP contribution is -2.29. The number of rotatable bonds is 5. The molecule has 0 atom stereocenters. The number of pyridine rings is 2. The van der Waals surface area contributed by atoms with E-state index in [1.807, 2.05) is 20.8 Å². The van der Waals surface area contributed by atoms with Gasteiger partial charge in [0.2, 0.25) is 17.2 Å². The summed E-state index contributed by atoms with van der Waals surface area (Å²) in [6.45, 7) is 7.31. The number of nitrogens with zero attached hydrogens (tertiary/aromatic N) is 4. The van der Waals surface area contributed by atoms with Crippen molar-refractivity contribution in [2.45, 2.75) is 71.4 Å². The molecule has 0 aromatic carbocycles. The largest absolute Gasteiger partial charge is 0.475 e. The fourth-order valence-electron chi connectivity index (χ4n) is 4.09. The molecule has 6 nitrogen and oxygen atoms in total. The van der Waals surface area contributed by atoms with Gasteiger partial charge in [-0.15, -0.1) is 0 Å². The van der Waals surface area contributed by atoms with Crippen LogP contribution in [0.5, 0.6) is 5.88 Å². The van der Waals surface area contributed by atoms with Gasteiger partial charge in [-0.2, -0.15) is 5.10 Å². The Morgan fingerprint density at radius 2 is 1.94 bits per heavy atom. The fourth-order valence-corrected chi connectivity index (χ4v) is 4.09. The second kappa shape index (κ2) is 9.19. The zero-order chi connectivity index (χ0) is 24.6. The minimum Gasteiger partial charge on any atom is -0.475 e. The first-order valence-electron chi connectivity index (χ1n) is 11.3. The molecule has 34 heavy (non-hydrogen) atoms. The second-order valence-corrected chi connectivity index (χ2v) is 9.05. The van der Waals surface area contributed by atoms with Crippen LogP contribution in [-0.4, -0.2) is 31.8 Å². The van der Waals surface area contributed by atoms with Gasteiger partial charge in [0.05, 0.1) is 17.7 Å². The van der Waals surface area contributed by atoms with E-state index in [4.69, 9.17) is 4.74 Å². The van der Waals surface area contributed by atoms with Crippen molar-refractivity contribution in [1.82, 2.24) is 19.7 Å². The van der Waals surface area contributed by atoms with E-state index in [2.05, 4.69) is 15.1 Å². The van der Waals surface area contributed by atoms with Gasteiger partial charge in [0.1, 0.15) is 5.52 Å². The predicted octanol–water partition coefficient (Wildman–Crippen LogP) is 5.81. The van der Waals surface area contributed by atoms with E-state index in [1.54, 1.807) is 25.1 Å². The van der Waals surface area contributed by atoms with Gasteiger partial charge in [-0.3, -0.25) is 9.48 Å². The van der Waals surface area contributed by atoms with Gasteiger partial charge < -0.3 is 4.74 Å². The Balaban J connectivity index is 1.83. The normalized spacial score (nSPS) is 16.9. The summed E-state index contributed by atoms with van der Waals surface area (Å²) in [4.78, 5) is 21.7. The molecule has 0 aliphatic heterocycles. The Labute approximate surface area is 195 Å². The number of alkyl halides is 2. The maximum atomic E-state index is 15.4. The number of aryl methyl sites for hydroxylation is 2. The third-order valence-corrected chi connectivity index (χ3v) is 6.00. The average Bonchev–Trinajstić information content (AvgIpc) is 2.75. The van der Waals surface area contributed by atoms with E-state index in [1.165, 1.54) is 17.0 Å². The smallest absolute Gasteiger partial charge is 0.248 e. The molecule has 3 aromatic rings. The molecule has 0 N–H and O–H groups in total. The summed E-state index contributed by atoms with van der Waals surface area (Å²) in [5.74, 6) is -3.24. The molecule has 3 aromatic heterocycles. The topological polar surface area (TPSA) is 69.9 Å². The average molecular weight is 473 g/mol. The van der Waals surface area contributed by atoms with E-state index in [-0.39, 0.29) is 43.3 Å². The summed E-state index contributed by atoms with van der Waals surface area (Å²) in [7, 11) is 0. The maximum absolute atomic E-state index is 15.4. The van der Waals surface area contributed by atoms with Gasteiger partial charge in [-0.25, -0.2) is 23.1 Å². The highest BCUT2D eigenvalue weighted by atomic mass is 19.3. The standard InChI is InChI=1S/C25H27F3N4O2/c1-14(2)34-21-13-17(7-10-29-21)12-19(26)22-24(33)23-20(11-15(3)16(4)30-23)32(31-22)18-5-8-25(27,28)9-6-18/h7,10-14,18H,5-6,8-9H2,1-4H3/b19-12-. The maximum Gasteiger partial charge on any atom is 0.248 e. The molecule has 1 aliphatic rings. The third kappa shape index (κ3) is 4.98. The van der Waals surface area contributed by atoms with Crippen molar-refractivity contribution in [3.63, 3.8) is 0 Å². The highest BCUT2D eigenvalue weighted by Crippen LogP contribution is 2.39. The zero-order valence-electron chi connectivity index (χ0n) is 19.6. The van der Waals surface area contributed by atoms with Crippen LogP contribution in [0.1, 0.15) is 68.1 Å². The SMILES string of the molecule is Cc1cc2c(nc1C)c(=O)c(/C(F)=C/c1ccnc(OC(C)C)c1)nn2C1CCC(F)(F)CC1. The molecular weight excluding hydrogens is 445 g/mol. The fraction of sp³-hybridized carbons (Fsp3) is 0.440. The number of halogens is 3. The monoisotopic (exact) mass is 472 g/mol. The quantitative estimate of drug-likeness (QED) is 0.469. The van der Waals surface area contributed by atoms with Crippen LogP contribution in [-0.2, 0) is 0 Å². The molecule has 3 heterocycles. The molecule has 1 saturated carbocycles. The van der Waals surface area contributed by atoms with Crippen LogP contribution < -0.4 is 10.2 Å². The van der Waals surface area contributed by atoms with Gasteiger partial charge in [0.15, 0.2) is 11.5 Å². The van der Waals surface area contributed by atoms with Gasteiger partial charge in [-0.05, 0) is 69.9 Å². The summed E-state index contributed by atoms with van der Waals surface area (Å²) in [6.07, 6.45) is 2.35. The second-order valence-electron chi connectivity index (χ2n) is 9.05. The lowest BCUT2D eigenvalue weighted by atomic mass is 9.92. The molecular formula is C25H27F3N4O2. The van der Waals surface area contributed by atoms with Crippen molar-refractivity contribution in [3.05, 3.63) is 57.1 Å². The van der Waals surface area contributed by atoms with E-state index >= 15 is 4.39 Å². The zero-order valence-corrected chi connectivity index (χ0v) is 19.6. The first-order chi connectivity index (χ1) is 16.0. The summed E-state index contributed by atoms with van der Waals surface area (Å²) < 4.78 is 50.0. The number of ether oxygens (including phenoxy) is 1. The summed E-state index contributed by atoms with van der Waals surface area (Å²) in [5.41, 5.74) is 1.38. The van der Waals surface area contributed by atoms with Crippen LogP contribution in [0.2, 0.25) is 0 Å². The molecule has 1 aliphatic carbocycles. The van der Waals surface area contributed by atoms with Crippen molar-refractivity contribution in [3.8, 4) is 5.88 Å². The lowest BCUT2D eigenvalue weighted by Gasteiger charge is -2.30. The van der Waals surface area contributed by atoms with Gasteiger partial charge >= 0.3 is 0 Å². The minimum absolute atomic E-state index is 0.0764. The first kappa shape index (κ1) is 23.9. The third-order valence-electron chi connectivity index (χ3n) is 6.00. The molecule has 0 unspecified atom stereocenters. The van der Waals surface area contributed by atoms with E-state index in [0.29, 0.717) is 22.7 Å². The highest BCUT2D eigenvalue weighted by molar-refractivity contribution is 5.82. The number of hydrogen-bond acceptors (Lipinski definition) is 5. The summed E-state index contributed by atoms with van der Waals surface area (Å²) in [5, 5.41) is 4.34. The molecule has 0 amide bonds. The first-order valence-corrected chi connectivity index (χ1v) is 11.3. The summed E-state index contributed by atoms with van der Waals surface area (Å²) >= 11 is 0. The Hall–Kier alpha value is -3.23. The number of aromatic nitrogens is 4. The molecule has 0 bridgehead atoms. The number of fused-ring (bicyclic) bond motifs is 1. The van der Waals surface area contributed by atoms with Crippen LogP contribution in [0.15, 0.2) is 29.2 Å². The van der Waals surface area contributed by atoms with Crippen molar-refractivity contribution < 1.29 is 17.9 Å². The van der Waals surface area contributed by atoms with Crippen LogP contribution >= 0.6 is 0 Å².